The maximum atomic E-state index is 8.82. The summed E-state index contributed by atoms with van der Waals surface area (Å²) in [7, 11) is 0. The molecule has 0 saturated heterocycles. The summed E-state index contributed by atoms with van der Waals surface area (Å²) in [6.07, 6.45) is -0.247. The van der Waals surface area contributed by atoms with Gasteiger partial charge in [0, 0.05) is 48.7 Å². The highest BCUT2D eigenvalue weighted by molar-refractivity contribution is 7.26. The van der Waals surface area contributed by atoms with Crippen LogP contribution >= 0.6 is 11.3 Å². The standard InChI is InChI=1S/C51H38N4S/c52-50(36-18-6-2-7-19-36)54-51(37-20-8-3-9-21-37)53-33-34-15-12-22-39(31-34)55-46-28-11-10-23-42(46)43-30-29-38(32-47(43)55)41-25-14-27-45-44-26-13-24-40(48(44)56-49(41)45)35-16-4-1-5-17-35/h1-32,51,53H,33H2,(H2,52,54). The molecule has 0 spiro atoms. The lowest BCUT2D eigenvalue weighted by Crippen LogP contribution is -2.37. The molecular weight excluding hydrogens is 701 g/mol. The number of para-hydroxylation sites is 1. The zero-order valence-electron chi connectivity index (χ0n) is 30.6. The van der Waals surface area contributed by atoms with Crippen LogP contribution in [0.15, 0.2) is 194 Å². The van der Waals surface area contributed by atoms with E-state index in [1.54, 1.807) is 0 Å². The molecule has 0 aliphatic heterocycles. The molecule has 3 N–H and O–H groups in total. The second-order valence-corrected chi connectivity index (χ2v) is 15.2. The van der Waals surface area contributed by atoms with Crippen molar-refractivity contribution in [1.82, 2.24) is 15.2 Å². The molecule has 268 valence electrons. The van der Waals surface area contributed by atoms with E-state index in [0.29, 0.717) is 12.4 Å². The number of hydrogen-bond acceptors (Lipinski definition) is 3. The summed E-state index contributed by atoms with van der Waals surface area (Å²) < 4.78 is 5.04. The first-order valence-electron chi connectivity index (χ1n) is 19.0. The summed E-state index contributed by atoms with van der Waals surface area (Å²) >= 11 is 1.89. The molecule has 1 unspecified atom stereocenters. The molecule has 2 heterocycles. The minimum absolute atomic E-state index is 0.247. The minimum atomic E-state index is -0.247. The molecule has 1 atom stereocenters. The van der Waals surface area contributed by atoms with Gasteiger partial charge in [-0.25, -0.2) is 0 Å². The van der Waals surface area contributed by atoms with Crippen molar-refractivity contribution in [3.8, 4) is 27.9 Å². The molecule has 0 aliphatic rings. The van der Waals surface area contributed by atoms with Crippen LogP contribution in [0.5, 0.6) is 0 Å². The van der Waals surface area contributed by atoms with Crippen molar-refractivity contribution in [2.75, 3.05) is 0 Å². The number of aromatic nitrogens is 1. The number of amidine groups is 1. The van der Waals surface area contributed by atoms with E-state index in [4.69, 9.17) is 5.41 Å². The number of benzene rings is 8. The first kappa shape index (κ1) is 33.8. The van der Waals surface area contributed by atoms with Gasteiger partial charge in [0.1, 0.15) is 12.0 Å². The lowest BCUT2D eigenvalue weighted by molar-refractivity contribution is 0.504. The summed E-state index contributed by atoms with van der Waals surface area (Å²) in [5.41, 5.74) is 11.5. The second-order valence-electron chi connectivity index (χ2n) is 14.2. The summed E-state index contributed by atoms with van der Waals surface area (Å²) in [6, 6.07) is 68.8. The maximum Gasteiger partial charge on any atom is 0.126 e. The van der Waals surface area contributed by atoms with Crippen LogP contribution in [0.1, 0.15) is 22.9 Å². The number of fused-ring (bicyclic) bond motifs is 6. The molecule has 0 amide bonds. The Bertz CT molecular complexity index is 3020. The average Bonchev–Trinajstić information content (AvgIpc) is 3.82. The molecular formula is C51H38N4S. The van der Waals surface area contributed by atoms with Gasteiger partial charge in [-0.15, -0.1) is 11.3 Å². The van der Waals surface area contributed by atoms with Gasteiger partial charge in [-0.2, -0.15) is 0 Å². The van der Waals surface area contributed by atoms with E-state index in [1.165, 1.54) is 64.2 Å². The fourth-order valence-corrected chi connectivity index (χ4v) is 9.44. The molecule has 0 aliphatic carbocycles. The number of hydrogen-bond donors (Lipinski definition) is 3. The number of thiophene rings is 1. The van der Waals surface area contributed by atoms with Crippen LogP contribution in [0, 0.1) is 5.41 Å². The predicted octanol–water partition coefficient (Wildman–Crippen LogP) is 12.9. The summed E-state index contributed by atoms with van der Waals surface area (Å²) in [4.78, 5) is 0. The normalized spacial score (nSPS) is 12.1. The lowest BCUT2D eigenvalue weighted by Gasteiger charge is -2.23. The minimum Gasteiger partial charge on any atom is -0.351 e. The molecule has 56 heavy (non-hydrogen) atoms. The van der Waals surface area contributed by atoms with Crippen molar-refractivity contribution in [2.45, 2.75) is 12.7 Å². The van der Waals surface area contributed by atoms with Crippen LogP contribution in [0.25, 0.3) is 69.9 Å². The van der Waals surface area contributed by atoms with Crippen LogP contribution in [-0.4, -0.2) is 10.4 Å². The molecule has 0 bridgehead atoms. The quantitative estimate of drug-likeness (QED) is 0.0784. The van der Waals surface area contributed by atoms with Crippen molar-refractivity contribution >= 4 is 59.2 Å². The van der Waals surface area contributed by atoms with Crippen LogP contribution in [0.2, 0.25) is 0 Å². The predicted molar refractivity (Wildman–Crippen MR) is 237 cm³/mol. The number of nitrogens with one attached hydrogen (secondary N) is 3. The number of rotatable bonds is 9. The molecule has 5 heteroatoms. The van der Waals surface area contributed by atoms with Crippen LogP contribution < -0.4 is 10.6 Å². The maximum absolute atomic E-state index is 8.82. The third kappa shape index (κ3) is 6.13. The number of nitrogens with zero attached hydrogens (tertiary/aromatic N) is 1. The largest absolute Gasteiger partial charge is 0.351 e. The summed E-state index contributed by atoms with van der Waals surface area (Å²) in [5.74, 6) is 0.379. The SMILES string of the molecule is N=C(NC(NCc1cccc(-n2c3ccccc3c3ccc(-c4cccc5c4sc4c(-c6ccccc6)cccc45)cc32)c1)c1ccccc1)c1ccccc1. The van der Waals surface area contributed by atoms with Gasteiger partial charge in [0.05, 0.1) is 11.0 Å². The first-order valence-corrected chi connectivity index (χ1v) is 19.8. The lowest BCUT2D eigenvalue weighted by atomic mass is 9.99. The fourth-order valence-electron chi connectivity index (χ4n) is 8.06. The molecule has 2 aromatic heterocycles. The summed E-state index contributed by atoms with van der Waals surface area (Å²) in [5, 5.41) is 21.0. The molecule has 8 aromatic carbocycles. The Hall–Kier alpha value is -6.79. The zero-order valence-corrected chi connectivity index (χ0v) is 31.4. The van der Waals surface area contributed by atoms with Gasteiger partial charge in [0.25, 0.3) is 0 Å². The highest BCUT2D eigenvalue weighted by Gasteiger charge is 2.18. The van der Waals surface area contributed by atoms with Crippen molar-refractivity contribution in [3.63, 3.8) is 0 Å². The highest BCUT2D eigenvalue weighted by atomic mass is 32.1. The Morgan fingerprint density at radius 3 is 1.88 bits per heavy atom. The average molecular weight is 739 g/mol. The Morgan fingerprint density at radius 2 is 1.12 bits per heavy atom. The second kappa shape index (κ2) is 14.5. The van der Waals surface area contributed by atoms with Gasteiger partial charge in [-0.05, 0) is 57.6 Å². The molecule has 10 aromatic rings. The van der Waals surface area contributed by atoms with E-state index in [1.807, 2.05) is 59.9 Å². The molecule has 4 nitrogen and oxygen atoms in total. The molecule has 0 saturated carbocycles. The van der Waals surface area contributed by atoms with E-state index in [9.17, 15) is 0 Å². The third-order valence-corrected chi connectivity index (χ3v) is 12.0. The monoisotopic (exact) mass is 738 g/mol. The van der Waals surface area contributed by atoms with Crippen LogP contribution in [0.3, 0.4) is 0 Å². The van der Waals surface area contributed by atoms with Gasteiger partial charge in [-0.1, -0.05) is 170 Å². The van der Waals surface area contributed by atoms with Crippen LogP contribution in [0.4, 0.5) is 0 Å². The van der Waals surface area contributed by atoms with Crippen molar-refractivity contribution in [1.29, 1.82) is 5.41 Å². The van der Waals surface area contributed by atoms with E-state index in [0.717, 1.165) is 22.4 Å². The Morgan fingerprint density at radius 1 is 0.518 bits per heavy atom. The zero-order chi connectivity index (χ0) is 37.4. The van der Waals surface area contributed by atoms with Gasteiger partial charge in [0.15, 0.2) is 0 Å². The van der Waals surface area contributed by atoms with Gasteiger partial charge in [0.2, 0.25) is 0 Å². The third-order valence-electron chi connectivity index (χ3n) is 10.8. The van der Waals surface area contributed by atoms with E-state index < -0.39 is 0 Å². The highest BCUT2D eigenvalue weighted by Crippen LogP contribution is 2.44. The van der Waals surface area contributed by atoms with Crippen molar-refractivity contribution < 1.29 is 0 Å². The fraction of sp³-hybridized carbons (Fsp3) is 0.0392. The molecule has 0 fully saturated rings. The Labute approximate surface area is 329 Å². The molecule has 10 rings (SSSR count). The first-order chi connectivity index (χ1) is 27.7. The van der Waals surface area contributed by atoms with Gasteiger partial charge in [-0.3, -0.25) is 10.7 Å². The summed E-state index contributed by atoms with van der Waals surface area (Å²) in [6.45, 7) is 0.615. The van der Waals surface area contributed by atoms with E-state index in [2.05, 4.69) is 161 Å². The molecule has 0 radical (unpaired) electrons. The topological polar surface area (TPSA) is 52.8 Å². The van der Waals surface area contributed by atoms with Crippen molar-refractivity contribution in [2.24, 2.45) is 0 Å². The Balaban J connectivity index is 1.04. The van der Waals surface area contributed by atoms with Crippen molar-refractivity contribution in [3.05, 3.63) is 211 Å². The van der Waals surface area contributed by atoms with Gasteiger partial charge < -0.3 is 9.88 Å². The van der Waals surface area contributed by atoms with Crippen LogP contribution in [-0.2, 0) is 6.54 Å². The Kier molecular flexibility index (Phi) is 8.71. The van der Waals surface area contributed by atoms with E-state index in [-0.39, 0.29) is 6.17 Å². The van der Waals surface area contributed by atoms with Gasteiger partial charge >= 0.3 is 0 Å². The van der Waals surface area contributed by atoms with E-state index >= 15 is 0 Å². The smallest absolute Gasteiger partial charge is 0.126 e.